The molecule has 162 valence electrons. The normalized spacial score (nSPS) is 10.8. The van der Waals surface area contributed by atoms with Gasteiger partial charge in [-0.15, -0.1) is 10.2 Å². The van der Waals surface area contributed by atoms with E-state index in [4.69, 9.17) is 0 Å². The number of carbonyl (C=O) groups excluding carboxylic acids is 2. The Bertz CT molecular complexity index is 1020. The number of para-hydroxylation sites is 1. The van der Waals surface area contributed by atoms with Crippen LogP contribution in [-0.4, -0.2) is 32.3 Å². The van der Waals surface area contributed by atoms with Crippen LogP contribution in [0.15, 0.2) is 59.8 Å². The van der Waals surface area contributed by atoms with E-state index in [2.05, 4.69) is 34.7 Å². The lowest BCUT2D eigenvalue weighted by molar-refractivity contribution is -0.116. The molecule has 3 aromatic rings. The van der Waals surface area contributed by atoms with E-state index in [-0.39, 0.29) is 17.6 Å². The number of carbonyl (C=O) groups is 2. The predicted molar refractivity (Wildman–Crippen MR) is 124 cm³/mol. The average molecular weight is 438 g/mol. The molecule has 0 aliphatic heterocycles. The lowest BCUT2D eigenvalue weighted by Crippen LogP contribution is -2.15. The number of aryl methyl sites for hydroxylation is 1. The maximum atomic E-state index is 12.3. The third-order valence-electron chi connectivity index (χ3n) is 4.75. The van der Waals surface area contributed by atoms with Crippen molar-refractivity contribution in [1.29, 1.82) is 0 Å². The highest BCUT2D eigenvalue weighted by atomic mass is 32.2. The molecular weight excluding hydrogens is 410 g/mol. The van der Waals surface area contributed by atoms with Gasteiger partial charge in [0.25, 0.3) is 0 Å². The van der Waals surface area contributed by atoms with Gasteiger partial charge in [0.15, 0.2) is 5.16 Å². The van der Waals surface area contributed by atoms with E-state index in [1.807, 2.05) is 66.2 Å². The summed E-state index contributed by atoms with van der Waals surface area (Å²) in [5, 5.41) is 14.7. The topological polar surface area (TPSA) is 88.9 Å². The molecule has 31 heavy (non-hydrogen) atoms. The Morgan fingerprint density at radius 1 is 0.935 bits per heavy atom. The van der Waals surface area contributed by atoms with E-state index in [1.165, 1.54) is 17.3 Å². The molecule has 0 saturated carbocycles. The minimum atomic E-state index is -0.103. The fourth-order valence-corrected chi connectivity index (χ4v) is 3.67. The summed E-state index contributed by atoms with van der Waals surface area (Å²) in [7, 11) is 1.84. The van der Waals surface area contributed by atoms with Crippen molar-refractivity contribution in [2.24, 2.45) is 7.05 Å². The zero-order chi connectivity index (χ0) is 22.2. The Kier molecular flexibility index (Phi) is 7.83. The van der Waals surface area contributed by atoms with Crippen LogP contribution in [0.4, 0.5) is 11.4 Å². The van der Waals surface area contributed by atoms with Crippen LogP contribution in [0.25, 0.3) is 0 Å². The number of thioether (sulfide) groups is 1. The first-order valence-corrected chi connectivity index (χ1v) is 11.2. The summed E-state index contributed by atoms with van der Waals surface area (Å²) >= 11 is 1.32. The molecule has 0 aliphatic carbocycles. The monoisotopic (exact) mass is 437 g/mol. The standard InChI is InChI=1S/C23H27N5O2S/c1-16(2)17-9-11-19(12-10-17)25-22(30)15-31-23-27-26-20(28(23)3)13-14-21(29)24-18-7-5-4-6-8-18/h4-12,16H,13-15H2,1-3H3,(H,24,29)(H,25,30). The van der Waals surface area contributed by atoms with Gasteiger partial charge in [-0.1, -0.05) is 55.9 Å². The highest BCUT2D eigenvalue weighted by molar-refractivity contribution is 7.99. The molecule has 0 fully saturated rings. The van der Waals surface area contributed by atoms with Gasteiger partial charge >= 0.3 is 0 Å². The first-order chi connectivity index (χ1) is 14.9. The van der Waals surface area contributed by atoms with Gasteiger partial charge in [0, 0.05) is 31.3 Å². The van der Waals surface area contributed by atoms with Gasteiger partial charge in [0.05, 0.1) is 5.75 Å². The third kappa shape index (κ3) is 6.68. The van der Waals surface area contributed by atoms with Gasteiger partial charge in [-0.25, -0.2) is 0 Å². The minimum Gasteiger partial charge on any atom is -0.326 e. The van der Waals surface area contributed by atoms with Crippen molar-refractivity contribution in [3.63, 3.8) is 0 Å². The van der Waals surface area contributed by atoms with Crippen LogP contribution < -0.4 is 10.6 Å². The van der Waals surface area contributed by atoms with Crippen molar-refractivity contribution in [2.75, 3.05) is 16.4 Å². The van der Waals surface area contributed by atoms with Gasteiger partial charge < -0.3 is 15.2 Å². The van der Waals surface area contributed by atoms with Crippen LogP contribution >= 0.6 is 11.8 Å². The van der Waals surface area contributed by atoms with Crippen LogP contribution in [0.2, 0.25) is 0 Å². The molecule has 0 radical (unpaired) electrons. The van der Waals surface area contributed by atoms with Gasteiger partial charge in [0.2, 0.25) is 11.8 Å². The Labute approximate surface area is 186 Å². The Hall–Kier alpha value is -3.13. The number of rotatable bonds is 9. The lowest BCUT2D eigenvalue weighted by atomic mass is 10.0. The summed E-state index contributed by atoms with van der Waals surface area (Å²) in [5.41, 5.74) is 2.78. The van der Waals surface area contributed by atoms with Gasteiger partial charge in [-0.3, -0.25) is 9.59 Å². The van der Waals surface area contributed by atoms with E-state index in [9.17, 15) is 9.59 Å². The van der Waals surface area contributed by atoms with Crippen molar-refractivity contribution in [3.8, 4) is 0 Å². The molecule has 0 saturated heterocycles. The summed E-state index contributed by atoms with van der Waals surface area (Å²) in [6.07, 6.45) is 0.773. The quantitative estimate of drug-likeness (QED) is 0.489. The largest absolute Gasteiger partial charge is 0.326 e. The number of aromatic nitrogens is 3. The van der Waals surface area contributed by atoms with Gasteiger partial charge in [-0.05, 0) is 35.7 Å². The number of hydrogen-bond donors (Lipinski definition) is 2. The molecule has 2 N–H and O–H groups in total. The van der Waals surface area contributed by atoms with Gasteiger partial charge in [-0.2, -0.15) is 0 Å². The molecule has 0 atom stereocenters. The lowest BCUT2D eigenvalue weighted by Gasteiger charge is -2.08. The molecule has 3 rings (SSSR count). The van der Waals surface area contributed by atoms with Gasteiger partial charge in [0.1, 0.15) is 5.82 Å². The summed E-state index contributed by atoms with van der Waals surface area (Å²) in [4.78, 5) is 24.4. The van der Waals surface area contributed by atoms with Crippen LogP contribution in [-0.2, 0) is 23.1 Å². The Morgan fingerprint density at radius 2 is 1.58 bits per heavy atom. The molecule has 0 spiro atoms. The third-order valence-corrected chi connectivity index (χ3v) is 5.77. The summed E-state index contributed by atoms with van der Waals surface area (Å²) in [5.74, 6) is 1.21. The van der Waals surface area contributed by atoms with Crippen molar-refractivity contribution in [1.82, 2.24) is 14.8 Å². The summed E-state index contributed by atoms with van der Waals surface area (Å²) in [6.45, 7) is 4.27. The first-order valence-electron chi connectivity index (χ1n) is 10.2. The van der Waals surface area contributed by atoms with Crippen molar-refractivity contribution >= 4 is 35.0 Å². The number of nitrogens with zero attached hydrogens (tertiary/aromatic N) is 3. The maximum absolute atomic E-state index is 12.3. The first kappa shape index (κ1) is 22.6. The zero-order valence-corrected chi connectivity index (χ0v) is 18.8. The molecule has 2 aromatic carbocycles. The van der Waals surface area contributed by atoms with E-state index in [1.54, 1.807) is 0 Å². The molecule has 1 heterocycles. The number of hydrogen-bond acceptors (Lipinski definition) is 5. The smallest absolute Gasteiger partial charge is 0.234 e. The van der Waals surface area contributed by atoms with E-state index < -0.39 is 0 Å². The van der Waals surface area contributed by atoms with Crippen LogP contribution in [0, 0.1) is 0 Å². The highest BCUT2D eigenvalue weighted by Gasteiger charge is 2.13. The molecular formula is C23H27N5O2S. The fourth-order valence-electron chi connectivity index (χ4n) is 2.94. The molecule has 2 amide bonds. The second kappa shape index (κ2) is 10.8. The molecule has 8 heteroatoms. The van der Waals surface area contributed by atoms with E-state index in [0.29, 0.717) is 29.7 Å². The Morgan fingerprint density at radius 3 is 2.26 bits per heavy atom. The average Bonchev–Trinajstić information content (AvgIpc) is 3.11. The van der Waals surface area contributed by atoms with Crippen molar-refractivity contribution in [3.05, 3.63) is 66.0 Å². The van der Waals surface area contributed by atoms with Crippen molar-refractivity contribution in [2.45, 2.75) is 37.8 Å². The molecule has 0 aliphatic rings. The van der Waals surface area contributed by atoms with Crippen molar-refractivity contribution < 1.29 is 9.59 Å². The fraction of sp³-hybridized carbons (Fsp3) is 0.304. The zero-order valence-electron chi connectivity index (χ0n) is 18.0. The SMILES string of the molecule is CC(C)c1ccc(NC(=O)CSc2nnc(CCC(=O)Nc3ccccc3)n2C)cc1. The molecule has 0 bridgehead atoms. The minimum absolute atomic E-state index is 0.0775. The maximum Gasteiger partial charge on any atom is 0.234 e. The second-order valence-electron chi connectivity index (χ2n) is 7.49. The Balaban J connectivity index is 1.46. The summed E-state index contributed by atoms with van der Waals surface area (Å²) < 4.78 is 1.82. The van der Waals surface area contributed by atoms with Crippen LogP contribution in [0.5, 0.6) is 0 Å². The predicted octanol–water partition coefficient (Wildman–Crippen LogP) is 4.24. The van der Waals surface area contributed by atoms with Crippen LogP contribution in [0.3, 0.4) is 0 Å². The molecule has 0 unspecified atom stereocenters. The highest BCUT2D eigenvalue weighted by Crippen LogP contribution is 2.19. The van der Waals surface area contributed by atoms with E-state index in [0.717, 1.165) is 11.4 Å². The number of nitrogens with one attached hydrogen (secondary N) is 2. The number of benzene rings is 2. The molecule has 1 aromatic heterocycles. The summed E-state index contributed by atoms with van der Waals surface area (Å²) in [6, 6.07) is 17.2. The van der Waals surface area contributed by atoms with Crippen LogP contribution in [0.1, 0.15) is 37.6 Å². The number of anilines is 2. The number of amides is 2. The van der Waals surface area contributed by atoms with E-state index >= 15 is 0 Å². The molecule has 7 nitrogen and oxygen atoms in total. The second-order valence-corrected chi connectivity index (χ2v) is 8.43.